The normalized spacial score (nSPS) is 16.6. The lowest BCUT2D eigenvalue weighted by molar-refractivity contribution is -0.157. The molecule has 168 valence electrons. The van der Waals surface area contributed by atoms with Crippen molar-refractivity contribution in [1.82, 2.24) is 9.97 Å². The Kier molecular flexibility index (Phi) is 5.20. The Morgan fingerprint density at radius 1 is 1.09 bits per heavy atom. The van der Waals surface area contributed by atoms with E-state index in [1.54, 1.807) is 45.0 Å². The highest BCUT2D eigenvalue weighted by Gasteiger charge is 2.37. The third kappa shape index (κ3) is 3.93. The zero-order chi connectivity index (χ0) is 23.3. The molecule has 1 aromatic heterocycles. The Bertz CT molecular complexity index is 1430. The highest BCUT2D eigenvalue weighted by molar-refractivity contribution is 7.92. The van der Waals surface area contributed by atoms with E-state index in [2.05, 4.69) is 9.97 Å². The van der Waals surface area contributed by atoms with E-state index in [4.69, 9.17) is 4.74 Å². The van der Waals surface area contributed by atoms with Gasteiger partial charge in [-0.15, -0.1) is 0 Å². The first kappa shape index (κ1) is 21.8. The van der Waals surface area contributed by atoms with Gasteiger partial charge in [-0.05, 0) is 57.0 Å². The summed E-state index contributed by atoms with van der Waals surface area (Å²) in [6.45, 7) is 5.42. The molecule has 1 unspecified atom stereocenters. The van der Waals surface area contributed by atoms with Gasteiger partial charge in [0.1, 0.15) is 5.60 Å². The third-order valence-corrected chi connectivity index (χ3v) is 7.00. The lowest BCUT2D eigenvalue weighted by Gasteiger charge is -2.35. The number of sulfonamides is 1. The first-order valence-electron chi connectivity index (χ1n) is 10.1. The average molecular weight is 458 g/mol. The Morgan fingerprint density at radius 3 is 2.53 bits per heavy atom. The Morgan fingerprint density at radius 2 is 1.81 bits per heavy atom. The van der Waals surface area contributed by atoms with Gasteiger partial charge in [0.2, 0.25) is 0 Å². The van der Waals surface area contributed by atoms with Gasteiger partial charge in [0.25, 0.3) is 15.6 Å². The summed E-state index contributed by atoms with van der Waals surface area (Å²) in [5.41, 5.74) is -0.804. The molecular formula is C22H23N3O6S. The highest BCUT2D eigenvalue weighted by Crippen LogP contribution is 2.39. The first-order valence-corrected chi connectivity index (χ1v) is 11.5. The number of rotatable bonds is 3. The van der Waals surface area contributed by atoms with Crippen molar-refractivity contribution >= 4 is 32.6 Å². The van der Waals surface area contributed by atoms with Crippen molar-refractivity contribution in [1.29, 1.82) is 0 Å². The lowest BCUT2D eigenvalue weighted by atomic mass is 9.91. The van der Waals surface area contributed by atoms with Gasteiger partial charge in [-0.25, -0.2) is 13.2 Å². The summed E-state index contributed by atoms with van der Waals surface area (Å²) in [5, 5.41) is 0.0580. The predicted octanol–water partition coefficient (Wildman–Crippen LogP) is 2.24. The molecule has 2 heterocycles. The molecule has 0 amide bonds. The molecule has 0 saturated carbocycles. The number of nitrogens with zero attached hydrogens (tertiary/aromatic N) is 1. The largest absolute Gasteiger partial charge is 0.459 e. The quantitative estimate of drug-likeness (QED) is 0.580. The molecule has 1 aliphatic heterocycles. The van der Waals surface area contributed by atoms with Crippen LogP contribution in [0.1, 0.15) is 38.7 Å². The van der Waals surface area contributed by atoms with E-state index in [1.165, 1.54) is 22.5 Å². The van der Waals surface area contributed by atoms with Crippen LogP contribution in [0.4, 0.5) is 5.69 Å². The summed E-state index contributed by atoms with van der Waals surface area (Å²) >= 11 is 0. The number of aromatic nitrogens is 2. The number of fused-ring (bicyclic) bond motifs is 2. The summed E-state index contributed by atoms with van der Waals surface area (Å²) in [5.74, 6) is -0.982. The molecule has 9 nitrogen and oxygen atoms in total. The molecule has 0 radical (unpaired) electrons. The predicted molar refractivity (Wildman–Crippen MR) is 119 cm³/mol. The first-order chi connectivity index (χ1) is 15.0. The van der Waals surface area contributed by atoms with Gasteiger partial charge < -0.3 is 9.72 Å². The Labute approximate surface area is 184 Å². The van der Waals surface area contributed by atoms with Gasteiger partial charge >= 0.3 is 11.7 Å². The maximum Gasteiger partial charge on any atom is 0.326 e. The van der Waals surface area contributed by atoms with Crippen LogP contribution in [0, 0.1) is 0 Å². The molecule has 4 rings (SSSR count). The number of carbonyl (C=O) groups is 1. The Balaban J connectivity index is 1.77. The van der Waals surface area contributed by atoms with Gasteiger partial charge in [0, 0.05) is 6.54 Å². The highest BCUT2D eigenvalue weighted by atomic mass is 32.2. The smallest absolute Gasteiger partial charge is 0.326 e. The number of para-hydroxylation sites is 1. The van der Waals surface area contributed by atoms with E-state index in [-0.39, 0.29) is 28.8 Å². The second kappa shape index (κ2) is 7.63. The van der Waals surface area contributed by atoms with E-state index < -0.39 is 38.8 Å². The average Bonchev–Trinajstić information content (AvgIpc) is 2.71. The molecule has 0 fully saturated rings. The van der Waals surface area contributed by atoms with E-state index in [1.807, 2.05) is 0 Å². The fraction of sp³-hybridized carbons (Fsp3) is 0.318. The maximum atomic E-state index is 13.5. The number of aromatic amines is 2. The molecule has 1 atom stereocenters. The van der Waals surface area contributed by atoms with Crippen LogP contribution in [0.15, 0.2) is 56.9 Å². The molecule has 0 bridgehead atoms. The number of ether oxygens (including phenoxy) is 1. The monoisotopic (exact) mass is 457 g/mol. The number of H-pyrrole nitrogens is 2. The number of benzene rings is 2. The van der Waals surface area contributed by atoms with Crippen LogP contribution in [0.5, 0.6) is 0 Å². The van der Waals surface area contributed by atoms with Crippen LogP contribution in [0.25, 0.3) is 10.9 Å². The van der Waals surface area contributed by atoms with Crippen LogP contribution in [0.2, 0.25) is 0 Å². The van der Waals surface area contributed by atoms with E-state index in [9.17, 15) is 22.8 Å². The Hall–Kier alpha value is -3.40. The number of nitrogens with one attached hydrogen (secondary N) is 2. The number of esters is 1. The molecule has 3 aromatic rings. The molecule has 0 saturated heterocycles. The fourth-order valence-electron chi connectivity index (χ4n) is 3.83. The molecule has 0 spiro atoms. The molecular weight excluding hydrogens is 434 g/mol. The zero-order valence-corrected chi connectivity index (χ0v) is 18.7. The number of hydrogen-bond acceptors (Lipinski definition) is 6. The van der Waals surface area contributed by atoms with Crippen molar-refractivity contribution in [2.75, 3.05) is 10.8 Å². The van der Waals surface area contributed by atoms with Crippen LogP contribution < -0.4 is 15.6 Å². The van der Waals surface area contributed by atoms with Gasteiger partial charge in [0.15, 0.2) is 0 Å². The summed E-state index contributed by atoms with van der Waals surface area (Å²) in [7, 11) is -4.04. The van der Waals surface area contributed by atoms with Crippen molar-refractivity contribution in [3.8, 4) is 0 Å². The van der Waals surface area contributed by atoms with Gasteiger partial charge in [-0.3, -0.25) is 18.9 Å². The standard InChI is InChI=1S/C22H23N3O6S/c1-22(2,3)31-20(27)15-10-11-25(18-7-5-4-6-14(15)18)32(29,30)13-8-9-17-16(12-13)19(26)24-21(28)23-17/h4-9,12,15H,10-11H2,1-3H3,(H2,23,24,26,28). The van der Waals surface area contributed by atoms with Gasteiger partial charge in [0.05, 0.1) is 27.4 Å². The minimum absolute atomic E-state index is 0.0580. The van der Waals surface area contributed by atoms with Crippen LogP contribution >= 0.6 is 0 Å². The van der Waals surface area contributed by atoms with E-state index in [0.29, 0.717) is 11.3 Å². The third-order valence-electron chi connectivity index (χ3n) is 5.19. The molecule has 32 heavy (non-hydrogen) atoms. The topological polar surface area (TPSA) is 129 Å². The molecule has 10 heteroatoms. The van der Waals surface area contributed by atoms with Gasteiger partial charge in [-0.2, -0.15) is 0 Å². The minimum Gasteiger partial charge on any atom is -0.459 e. The second-order valence-electron chi connectivity index (χ2n) is 8.63. The fourth-order valence-corrected chi connectivity index (χ4v) is 5.36. The second-order valence-corrected chi connectivity index (χ2v) is 10.5. The van der Waals surface area contributed by atoms with Crippen molar-refractivity contribution in [3.63, 3.8) is 0 Å². The van der Waals surface area contributed by atoms with Crippen molar-refractivity contribution in [2.24, 2.45) is 0 Å². The number of carbonyl (C=O) groups excluding carboxylic acids is 1. The van der Waals surface area contributed by atoms with E-state index >= 15 is 0 Å². The molecule has 1 aliphatic rings. The number of anilines is 1. The van der Waals surface area contributed by atoms with Crippen molar-refractivity contribution in [2.45, 2.75) is 43.6 Å². The maximum absolute atomic E-state index is 13.5. The van der Waals surface area contributed by atoms with Crippen molar-refractivity contribution in [3.05, 3.63) is 68.9 Å². The van der Waals surface area contributed by atoms with Crippen LogP contribution in [-0.2, 0) is 19.6 Å². The lowest BCUT2D eigenvalue weighted by Crippen LogP contribution is -2.39. The zero-order valence-electron chi connectivity index (χ0n) is 17.8. The van der Waals surface area contributed by atoms with Crippen molar-refractivity contribution < 1.29 is 17.9 Å². The van der Waals surface area contributed by atoms with Crippen LogP contribution in [0.3, 0.4) is 0 Å². The molecule has 2 aromatic carbocycles. The summed E-state index contributed by atoms with van der Waals surface area (Å²) in [4.78, 5) is 40.9. The SMILES string of the molecule is CC(C)(C)OC(=O)C1CCN(S(=O)(=O)c2ccc3[nH]c(=O)[nH]c(=O)c3c2)c2ccccc21. The van der Waals surface area contributed by atoms with Gasteiger partial charge in [-0.1, -0.05) is 18.2 Å². The summed E-state index contributed by atoms with van der Waals surface area (Å²) < 4.78 is 33.8. The van der Waals surface area contributed by atoms with Crippen LogP contribution in [-0.4, -0.2) is 36.5 Å². The molecule has 2 N–H and O–H groups in total. The summed E-state index contributed by atoms with van der Waals surface area (Å²) in [6, 6.07) is 10.8. The number of hydrogen-bond donors (Lipinski definition) is 2. The summed E-state index contributed by atoms with van der Waals surface area (Å²) in [6.07, 6.45) is 0.257. The molecule has 0 aliphatic carbocycles. The van der Waals surface area contributed by atoms with E-state index in [0.717, 1.165) is 0 Å². The minimum atomic E-state index is -4.04.